The third-order valence-electron chi connectivity index (χ3n) is 7.08. The fourth-order valence-corrected chi connectivity index (χ4v) is 5.98. The van der Waals surface area contributed by atoms with Crippen molar-refractivity contribution in [3.63, 3.8) is 0 Å². The van der Waals surface area contributed by atoms with Crippen LogP contribution in [0.1, 0.15) is 73.1 Å². The molecule has 2 aromatic rings. The molecule has 0 radical (unpaired) electrons. The molecule has 1 aliphatic heterocycles. The molecule has 0 amide bonds. The molecule has 1 aliphatic rings. The zero-order valence-electron chi connectivity index (χ0n) is 21.7. The van der Waals surface area contributed by atoms with Gasteiger partial charge >= 0.3 is 0 Å². The highest BCUT2D eigenvalue weighted by atomic mass is 32.2. The first kappa shape index (κ1) is 28.9. The van der Waals surface area contributed by atoms with Crippen molar-refractivity contribution in [3.8, 4) is 0 Å². The van der Waals surface area contributed by atoms with Crippen molar-refractivity contribution in [2.45, 2.75) is 52.4 Å². The Kier molecular flexibility index (Phi) is 9.58. The second-order valence-electron chi connectivity index (χ2n) is 10.1. The normalized spacial score (nSPS) is 15.5. The van der Waals surface area contributed by atoms with Crippen LogP contribution in [0, 0.1) is 23.0 Å². The van der Waals surface area contributed by atoms with Gasteiger partial charge in [0.05, 0.1) is 6.26 Å². The molecule has 0 spiro atoms. The van der Waals surface area contributed by atoms with E-state index in [9.17, 15) is 26.8 Å². The van der Waals surface area contributed by atoms with Crippen LogP contribution in [-0.2, 0) is 10.0 Å². The SMILES string of the molecule is CCCC(CCC)(CN1CCC(C(=O)c2ccc(F)c(F)c2)CC1)C(=O)c1ccc(NS(C)(=O)=O)cc1. The van der Waals surface area contributed by atoms with Crippen LogP contribution in [0.5, 0.6) is 0 Å². The lowest BCUT2D eigenvalue weighted by Gasteiger charge is -2.40. The summed E-state index contributed by atoms with van der Waals surface area (Å²) in [6, 6.07) is 9.82. The Morgan fingerprint density at radius 2 is 1.51 bits per heavy atom. The summed E-state index contributed by atoms with van der Waals surface area (Å²) in [5.41, 5.74) is 0.548. The largest absolute Gasteiger partial charge is 0.302 e. The van der Waals surface area contributed by atoms with Crippen LogP contribution in [0.4, 0.5) is 14.5 Å². The van der Waals surface area contributed by atoms with Crippen LogP contribution in [0.25, 0.3) is 0 Å². The fourth-order valence-electron chi connectivity index (χ4n) is 5.42. The third-order valence-corrected chi connectivity index (χ3v) is 7.68. The van der Waals surface area contributed by atoms with Crippen molar-refractivity contribution in [2.24, 2.45) is 11.3 Å². The van der Waals surface area contributed by atoms with Crippen molar-refractivity contribution in [3.05, 3.63) is 65.2 Å². The molecular weight excluding hydrogens is 498 g/mol. The van der Waals surface area contributed by atoms with E-state index in [1.807, 2.05) is 0 Å². The molecule has 202 valence electrons. The van der Waals surface area contributed by atoms with E-state index in [0.717, 1.165) is 44.1 Å². The summed E-state index contributed by atoms with van der Waals surface area (Å²) in [5.74, 6) is -2.39. The van der Waals surface area contributed by atoms with Gasteiger partial charge in [-0.1, -0.05) is 26.7 Å². The number of nitrogens with one attached hydrogen (secondary N) is 1. The zero-order valence-corrected chi connectivity index (χ0v) is 22.5. The maximum absolute atomic E-state index is 13.8. The van der Waals surface area contributed by atoms with E-state index in [4.69, 9.17) is 0 Å². The Balaban J connectivity index is 1.72. The van der Waals surface area contributed by atoms with E-state index >= 15 is 0 Å². The highest BCUT2D eigenvalue weighted by Crippen LogP contribution is 2.37. The standard InChI is InChI=1S/C28H36F2N2O4S/c1-4-14-28(15-5-2,27(34)21-6-9-23(10-7-21)31-37(3,35)36)19-32-16-12-20(13-17-32)26(33)22-8-11-24(29)25(30)18-22/h6-11,18,20,31H,4-5,12-17,19H2,1-3H3. The summed E-state index contributed by atoms with van der Waals surface area (Å²) in [4.78, 5) is 28.9. The van der Waals surface area contributed by atoms with Crippen molar-refractivity contribution in [1.82, 2.24) is 4.90 Å². The number of sulfonamides is 1. The number of likely N-dealkylation sites (tertiary alicyclic amines) is 1. The summed E-state index contributed by atoms with van der Waals surface area (Å²) in [5, 5.41) is 0. The van der Waals surface area contributed by atoms with Crippen molar-refractivity contribution in [1.29, 1.82) is 0 Å². The van der Waals surface area contributed by atoms with Crippen molar-refractivity contribution in [2.75, 3.05) is 30.6 Å². The van der Waals surface area contributed by atoms with E-state index in [2.05, 4.69) is 23.5 Å². The number of benzene rings is 2. The molecule has 1 saturated heterocycles. The van der Waals surface area contributed by atoms with Crippen molar-refractivity contribution >= 4 is 27.3 Å². The number of carbonyl (C=O) groups excluding carboxylic acids is 2. The zero-order chi connectivity index (χ0) is 27.2. The second kappa shape index (κ2) is 12.3. The highest BCUT2D eigenvalue weighted by molar-refractivity contribution is 7.92. The average molecular weight is 535 g/mol. The minimum absolute atomic E-state index is 0.0436. The van der Waals surface area contributed by atoms with Crippen LogP contribution in [0.3, 0.4) is 0 Å². The second-order valence-corrected chi connectivity index (χ2v) is 11.9. The van der Waals surface area contributed by atoms with E-state index in [0.29, 0.717) is 43.7 Å². The minimum Gasteiger partial charge on any atom is -0.302 e. The monoisotopic (exact) mass is 534 g/mol. The number of ketones is 2. The maximum atomic E-state index is 13.8. The quantitative estimate of drug-likeness (QED) is 0.353. The lowest BCUT2D eigenvalue weighted by Crippen LogP contribution is -2.46. The smallest absolute Gasteiger partial charge is 0.229 e. The fraction of sp³-hybridized carbons (Fsp3) is 0.500. The first-order valence-electron chi connectivity index (χ1n) is 12.8. The van der Waals surface area contributed by atoms with Crippen LogP contribution in [-0.4, -0.2) is 50.8 Å². The van der Waals surface area contributed by atoms with E-state index in [-0.39, 0.29) is 23.0 Å². The lowest BCUT2D eigenvalue weighted by atomic mass is 9.72. The summed E-state index contributed by atoms with van der Waals surface area (Å²) in [6.07, 6.45) is 5.37. The van der Waals surface area contributed by atoms with Gasteiger partial charge in [0.15, 0.2) is 23.2 Å². The molecule has 6 nitrogen and oxygen atoms in total. The molecule has 1 heterocycles. The summed E-state index contributed by atoms with van der Waals surface area (Å²) in [6.45, 7) is 5.97. The van der Waals surface area contributed by atoms with Crippen molar-refractivity contribution < 1.29 is 26.8 Å². The summed E-state index contributed by atoms with van der Waals surface area (Å²) < 4.78 is 52.3. The number of piperidine rings is 1. The summed E-state index contributed by atoms with van der Waals surface area (Å²) in [7, 11) is -3.41. The molecule has 0 aliphatic carbocycles. The van der Waals surface area contributed by atoms with E-state index in [1.54, 1.807) is 24.3 Å². The molecule has 2 aromatic carbocycles. The topological polar surface area (TPSA) is 83.6 Å². The molecule has 1 fully saturated rings. The first-order valence-corrected chi connectivity index (χ1v) is 14.7. The van der Waals surface area contributed by atoms with Gasteiger partial charge in [-0.25, -0.2) is 17.2 Å². The van der Waals surface area contributed by atoms with Gasteiger partial charge in [0.25, 0.3) is 0 Å². The number of Topliss-reactive ketones (excluding diaryl/α,β-unsaturated/α-hetero) is 2. The van der Waals surface area contributed by atoms with Gasteiger partial charge < -0.3 is 4.90 Å². The lowest BCUT2D eigenvalue weighted by molar-refractivity contribution is 0.0557. The maximum Gasteiger partial charge on any atom is 0.229 e. The molecule has 0 bridgehead atoms. The molecule has 9 heteroatoms. The molecule has 37 heavy (non-hydrogen) atoms. The molecule has 0 atom stereocenters. The Labute approximate surface area is 218 Å². The summed E-state index contributed by atoms with van der Waals surface area (Å²) >= 11 is 0. The predicted octanol–water partition coefficient (Wildman–Crippen LogP) is 5.70. The number of nitrogens with zero attached hydrogens (tertiary/aromatic N) is 1. The Morgan fingerprint density at radius 1 is 0.946 bits per heavy atom. The number of carbonyl (C=O) groups is 2. The highest BCUT2D eigenvalue weighted by Gasteiger charge is 2.40. The number of halogens is 2. The van der Waals surface area contributed by atoms with E-state index < -0.39 is 27.1 Å². The number of hydrogen-bond donors (Lipinski definition) is 1. The van der Waals surface area contributed by atoms with Gasteiger partial charge in [0, 0.05) is 34.7 Å². The molecule has 0 aromatic heterocycles. The van der Waals surface area contributed by atoms with Crippen LogP contribution in [0.2, 0.25) is 0 Å². The number of anilines is 1. The van der Waals surface area contributed by atoms with Gasteiger partial charge in [-0.15, -0.1) is 0 Å². The average Bonchev–Trinajstić information content (AvgIpc) is 2.85. The molecule has 0 unspecified atom stereocenters. The molecule has 0 saturated carbocycles. The number of rotatable bonds is 12. The Morgan fingerprint density at radius 3 is 2.03 bits per heavy atom. The van der Waals surface area contributed by atoms with Gasteiger partial charge in [0.1, 0.15) is 0 Å². The van der Waals surface area contributed by atoms with Gasteiger partial charge in [-0.2, -0.15) is 0 Å². The van der Waals surface area contributed by atoms with Crippen LogP contribution >= 0.6 is 0 Å². The van der Waals surface area contributed by atoms with Crippen LogP contribution in [0.15, 0.2) is 42.5 Å². The molecule has 1 N–H and O–H groups in total. The minimum atomic E-state index is -3.41. The number of hydrogen-bond acceptors (Lipinski definition) is 5. The Hall–Kier alpha value is -2.65. The van der Waals surface area contributed by atoms with Crippen LogP contribution < -0.4 is 4.72 Å². The Bertz CT molecular complexity index is 1200. The predicted molar refractivity (Wildman–Crippen MR) is 141 cm³/mol. The third kappa shape index (κ3) is 7.45. The van der Waals surface area contributed by atoms with Gasteiger partial charge in [-0.3, -0.25) is 14.3 Å². The van der Waals surface area contributed by atoms with Gasteiger partial charge in [-0.05, 0) is 81.2 Å². The first-order chi connectivity index (χ1) is 17.5. The molecular formula is C28H36F2N2O4S. The van der Waals surface area contributed by atoms with Gasteiger partial charge in [0.2, 0.25) is 10.0 Å². The van der Waals surface area contributed by atoms with E-state index in [1.165, 1.54) is 6.07 Å². The molecule has 3 rings (SSSR count).